The predicted molar refractivity (Wildman–Crippen MR) is 570 cm³/mol. The molecule has 2 heterocycles. The van der Waals surface area contributed by atoms with E-state index >= 15 is 0 Å². The Kier molecular flexibility index (Phi) is 62.5. The van der Waals surface area contributed by atoms with Gasteiger partial charge in [0.2, 0.25) is 0 Å². The normalized spacial score (nSPS) is 12.9. The number of carbonyl (C=O) groups excluding carboxylic acids is 6. The van der Waals surface area contributed by atoms with Crippen molar-refractivity contribution in [1.29, 1.82) is 43.3 Å². The Hall–Kier alpha value is -12.5. The van der Waals surface area contributed by atoms with Crippen molar-refractivity contribution in [3.63, 3.8) is 0 Å². The first-order chi connectivity index (χ1) is 70.2. The number of benzene rings is 3. The summed E-state index contributed by atoms with van der Waals surface area (Å²) in [6.07, 6.45) is 14.6. The second kappa shape index (κ2) is 73.6. The third-order valence-corrected chi connectivity index (χ3v) is 25.0. The van der Waals surface area contributed by atoms with Crippen LogP contribution in [0.15, 0.2) is 54.6 Å². The molecule has 1 spiro atoms. The molecule has 0 bridgehead atoms. The maximum atomic E-state index is 14.9. The Labute approximate surface area is 865 Å². The first-order valence-electron chi connectivity index (χ1n) is 52.1. The average molecular weight is 2070 g/mol. The number of fused-ring (bicyclic) bond motifs is 6. The minimum absolute atomic E-state index is 0.0659. The van der Waals surface area contributed by atoms with Crippen molar-refractivity contribution in [3.8, 4) is 23.0 Å². The van der Waals surface area contributed by atoms with Gasteiger partial charge in [-0.25, -0.2) is 4.79 Å². The first-order valence-corrected chi connectivity index (χ1v) is 52.5. The molecule has 0 fully saturated rings. The predicted octanol–water partition coefficient (Wildman–Crippen LogP) is 6.03. The van der Waals surface area contributed by atoms with E-state index in [1.807, 2.05) is 0 Å². The lowest BCUT2D eigenvalue weighted by Crippen LogP contribution is -2.54. The Morgan fingerprint density at radius 1 is 0.336 bits per heavy atom. The standard InChI is InChI=1S/C99H172N30O16S/c100-90(101)116-46-26-58-126(59-27-47-117-91(102)103)54-22-12-2-7-17-35-83(134)141-80(69-130)87(143-85(136)37-19-9-4-14-24-56-128(62-30-50-120-94(108)109)63-31-51-121-95(110)111)88(144-86(137)38-20-10-5-15-25-57-129(64-32-52-122-96(112)113)65-33-53-123-97(114)115)81(142-84(135)36-18-8-3-13-23-55-127(60-28-48-118-92(104)105)61-29-49-119-93(106)107)70-139-82(133)34-16-6-1-11-21-45-124-98(146)125-71-39-42-75-74(66-71)89(138)145-99(75)76-43-40-72(131)67-78(76)140-79-68-73(132)41-44-77(79)99/h39-44,66-68,80-81,87-88,130-132H,1-38,45-65,69-70H2,(H4,100,101,116)(H4,102,103,117)(H4,104,105,118)(H4,106,107,119)(H4,108,109,120)(H4,110,111,121)(H4,112,113,122)(H4,114,115,123)(H2,124,125,146)/t80-,81+,87-,88-/m1/s1. The van der Waals surface area contributed by atoms with Crippen molar-refractivity contribution in [2.75, 3.05) is 156 Å². The van der Waals surface area contributed by atoms with E-state index in [1.54, 1.807) is 30.3 Å². The molecular formula is C99H172N30O16S. The van der Waals surface area contributed by atoms with E-state index in [0.717, 1.165) is 213 Å². The van der Waals surface area contributed by atoms with Crippen molar-refractivity contribution in [2.24, 2.45) is 45.9 Å². The molecule has 46 nitrogen and oxygen atoms in total. The minimum Gasteiger partial charge on any atom is -0.508 e. The number of nitrogens with two attached hydrogens (primary N) is 8. The highest BCUT2D eigenvalue weighted by molar-refractivity contribution is 7.80. The van der Waals surface area contributed by atoms with Gasteiger partial charge in [0.05, 0.1) is 12.2 Å². The number of esters is 6. The molecular weight excluding hydrogens is 1900 g/mol. The van der Waals surface area contributed by atoms with E-state index in [1.165, 1.54) is 24.3 Å². The van der Waals surface area contributed by atoms with Gasteiger partial charge < -0.3 is 167 Å². The fraction of sp³-hybridized carbons (Fsp3) is 0.667. The molecule has 0 radical (unpaired) electrons. The van der Waals surface area contributed by atoms with E-state index in [2.05, 4.69) is 72.8 Å². The van der Waals surface area contributed by atoms with Gasteiger partial charge >= 0.3 is 35.8 Å². The fourth-order valence-electron chi connectivity index (χ4n) is 17.4. The summed E-state index contributed by atoms with van der Waals surface area (Å²) < 4.78 is 43.8. The number of ether oxygens (including phenoxy) is 7. The molecule has 4 atom stereocenters. The summed E-state index contributed by atoms with van der Waals surface area (Å²) in [5, 5.41) is 123. The molecule has 0 aromatic heterocycles. The number of nitrogens with zero attached hydrogens (tertiary/aromatic N) is 4. The van der Waals surface area contributed by atoms with Gasteiger partial charge in [-0.2, -0.15) is 0 Å². The van der Waals surface area contributed by atoms with Crippen LogP contribution < -0.4 is 104 Å². The Bertz CT molecular complexity index is 4330. The Morgan fingerprint density at radius 3 is 0.925 bits per heavy atom. The fourth-order valence-corrected chi connectivity index (χ4v) is 17.6. The monoisotopic (exact) mass is 2070 g/mol. The number of phenols is 2. The van der Waals surface area contributed by atoms with Crippen molar-refractivity contribution in [3.05, 3.63) is 76.9 Å². The number of unbranched alkanes of at least 4 members (excludes halogenated alkanes) is 20. The zero-order valence-corrected chi connectivity index (χ0v) is 86.4. The van der Waals surface area contributed by atoms with Crippen molar-refractivity contribution in [2.45, 2.75) is 274 Å². The number of rotatable bonds is 83. The number of nitrogens with one attached hydrogen (secondary N) is 18. The molecule has 0 amide bonds. The molecule has 146 heavy (non-hydrogen) atoms. The number of thiocarbonyl (C=S) groups is 1. The molecule has 5 rings (SSSR count). The van der Waals surface area contributed by atoms with Gasteiger partial charge in [-0.3, -0.25) is 67.2 Å². The molecule has 0 saturated carbocycles. The highest BCUT2D eigenvalue weighted by atomic mass is 32.1. The third-order valence-electron chi connectivity index (χ3n) is 24.8. The van der Waals surface area contributed by atoms with E-state index in [9.17, 15) is 44.1 Å². The lowest BCUT2D eigenvalue weighted by Gasteiger charge is -2.36. The summed E-state index contributed by atoms with van der Waals surface area (Å²) in [4.78, 5) is 96.0. The van der Waals surface area contributed by atoms with Gasteiger partial charge in [-0.1, -0.05) is 102 Å². The molecule has 3 aromatic rings. The number of hydrogen-bond donors (Lipinski definition) is 29. The summed E-state index contributed by atoms with van der Waals surface area (Å²) in [5.41, 5.74) is 45.2. The second-order valence-electron chi connectivity index (χ2n) is 37.0. The van der Waals surface area contributed by atoms with E-state index in [0.29, 0.717) is 163 Å². The quantitative estimate of drug-likeness (QED) is 0.00765. The number of aromatic hydroxyl groups is 2. The topological polar surface area (TPSA) is 760 Å². The molecule has 2 aliphatic rings. The highest BCUT2D eigenvalue weighted by Crippen LogP contribution is 2.57. The van der Waals surface area contributed by atoms with Gasteiger partial charge in [0.25, 0.3) is 0 Å². The first kappa shape index (κ1) is 124. The summed E-state index contributed by atoms with van der Waals surface area (Å²) in [5.74, 6) is -4.91. The van der Waals surface area contributed by atoms with Crippen LogP contribution in [0.5, 0.6) is 23.0 Å². The maximum Gasteiger partial charge on any atom is 0.340 e. The van der Waals surface area contributed by atoms with E-state index in [-0.39, 0.29) is 108 Å². The highest BCUT2D eigenvalue weighted by Gasteiger charge is 2.54. The van der Waals surface area contributed by atoms with Crippen molar-refractivity contribution in [1.82, 2.24) is 67.5 Å². The van der Waals surface area contributed by atoms with E-state index in [4.69, 9.17) is 135 Å². The number of aliphatic hydroxyl groups excluding tert-OH is 1. The summed E-state index contributed by atoms with van der Waals surface area (Å²) >= 11 is 5.71. The van der Waals surface area contributed by atoms with Gasteiger partial charge in [-0.05, 0) is 243 Å². The zero-order chi connectivity index (χ0) is 106. The molecule has 37 N–H and O–H groups in total. The van der Waals surface area contributed by atoms with Crippen molar-refractivity contribution >= 4 is 107 Å². The number of hydrogen-bond acceptors (Lipinski definition) is 29. The molecule has 47 heteroatoms. The number of anilines is 1. The van der Waals surface area contributed by atoms with Crippen LogP contribution in [0, 0.1) is 43.3 Å². The molecule has 820 valence electrons. The Balaban J connectivity index is 1.40. The molecule has 0 aliphatic carbocycles. The zero-order valence-electron chi connectivity index (χ0n) is 85.6. The minimum atomic E-state index is -1.84. The lowest BCUT2D eigenvalue weighted by molar-refractivity contribution is -0.208. The SMILES string of the molecule is N=C(N)NCCCN(CCCCCCCC(=O)O[C@@H]([C@H](OC(=O)CCCCCCCN(CCCNC(=N)N)CCCNC(=N)N)[C@@H](CO)OC(=O)CCCCCCCN(CCCNC(=N)N)CCCNC(=N)N)[C@H](COC(=O)CCCCCCCNC(=S)Nc1ccc2c(c1)C(=O)OC21c2ccc(O)cc2Oc2cc(O)ccc21)OC(=O)CCCCCCCN(CCCNC(=N)N)CCCNC(=N)N)CCCNC(=N)N. The van der Waals surface area contributed by atoms with Crippen LogP contribution in [-0.2, 0) is 58.0 Å². The van der Waals surface area contributed by atoms with Crippen LogP contribution >= 0.6 is 12.2 Å². The van der Waals surface area contributed by atoms with Crippen molar-refractivity contribution < 1.29 is 77.2 Å². The number of guanidine groups is 8. The molecule has 2 aliphatic heterocycles. The summed E-state index contributed by atoms with van der Waals surface area (Å²) in [6, 6.07) is 14.3. The van der Waals surface area contributed by atoms with Crippen LogP contribution in [0.1, 0.15) is 271 Å². The Morgan fingerprint density at radius 2 is 0.603 bits per heavy atom. The lowest BCUT2D eigenvalue weighted by atomic mass is 9.77. The summed E-state index contributed by atoms with van der Waals surface area (Å²) in [6.45, 7) is 12.0. The van der Waals surface area contributed by atoms with Gasteiger partial charge in [0, 0.05) is 126 Å². The molecule has 0 unspecified atom stereocenters. The van der Waals surface area contributed by atoms with Crippen LogP contribution in [0.4, 0.5) is 5.69 Å². The summed E-state index contributed by atoms with van der Waals surface area (Å²) in [7, 11) is 0. The molecule has 3 aromatic carbocycles. The van der Waals surface area contributed by atoms with Crippen LogP contribution in [0.3, 0.4) is 0 Å². The number of carbonyl (C=O) groups is 6. The third kappa shape index (κ3) is 54.1. The largest absolute Gasteiger partial charge is 0.508 e. The second-order valence-corrected chi connectivity index (χ2v) is 37.4. The smallest absolute Gasteiger partial charge is 0.340 e. The maximum absolute atomic E-state index is 14.9. The average Bonchev–Trinajstić information content (AvgIpc) is 1.52. The van der Waals surface area contributed by atoms with Crippen LogP contribution in [0.25, 0.3) is 0 Å². The number of phenolic OH excluding ortho intramolecular Hbond substituents is 2. The van der Waals surface area contributed by atoms with Crippen LogP contribution in [-0.4, -0.2) is 299 Å². The van der Waals surface area contributed by atoms with Crippen LogP contribution in [0.2, 0.25) is 0 Å². The van der Waals surface area contributed by atoms with Gasteiger partial charge in [0.1, 0.15) is 29.6 Å². The van der Waals surface area contributed by atoms with Gasteiger partial charge in [-0.15, -0.1) is 0 Å². The van der Waals surface area contributed by atoms with Gasteiger partial charge in [0.15, 0.2) is 82.8 Å². The molecule has 0 saturated heterocycles. The number of aliphatic hydroxyl groups is 1. The van der Waals surface area contributed by atoms with E-state index < -0.39 is 79.0 Å².